The van der Waals surface area contributed by atoms with E-state index in [1.165, 1.54) is 0 Å². The van der Waals surface area contributed by atoms with Crippen molar-refractivity contribution < 1.29 is 0 Å². The lowest BCUT2D eigenvalue weighted by molar-refractivity contribution is 0.946. The van der Waals surface area contributed by atoms with Crippen molar-refractivity contribution in [3.8, 4) is 0 Å². The molecule has 0 saturated heterocycles. The van der Waals surface area contributed by atoms with Crippen LogP contribution in [0.4, 0.5) is 5.82 Å². The SMILES string of the molecule is CC(CN)SCc1nc(N)c2ccccc2n1. The first-order chi connectivity index (χ1) is 8.20. The Morgan fingerprint density at radius 1 is 1.29 bits per heavy atom. The zero-order valence-electron chi connectivity index (χ0n) is 9.76. The fourth-order valence-electron chi connectivity index (χ4n) is 1.50. The van der Waals surface area contributed by atoms with Gasteiger partial charge in [0, 0.05) is 17.2 Å². The number of benzene rings is 1. The van der Waals surface area contributed by atoms with Gasteiger partial charge in [0.1, 0.15) is 11.6 Å². The maximum absolute atomic E-state index is 5.91. The smallest absolute Gasteiger partial charge is 0.141 e. The molecule has 1 aromatic carbocycles. The van der Waals surface area contributed by atoms with E-state index in [9.17, 15) is 0 Å². The first-order valence-electron chi connectivity index (χ1n) is 5.53. The second kappa shape index (κ2) is 5.33. The van der Waals surface area contributed by atoms with E-state index < -0.39 is 0 Å². The number of nitrogen functional groups attached to an aromatic ring is 1. The van der Waals surface area contributed by atoms with Gasteiger partial charge in [0.2, 0.25) is 0 Å². The van der Waals surface area contributed by atoms with Gasteiger partial charge in [0.15, 0.2) is 0 Å². The molecule has 4 nitrogen and oxygen atoms in total. The molecule has 0 aliphatic heterocycles. The fraction of sp³-hybridized carbons (Fsp3) is 0.333. The first-order valence-corrected chi connectivity index (χ1v) is 6.58. The van der Waals surface area contributed by atoms with Gasteiger partial charge in [-0.2, -0.15) is 0 Å². The third-order valence-electron chi connectivity index (χ3n) is 2.51. The van der Waals surface area contributed by atoms with Crippen molar-refractivity contribution in [3.05, 3.63) is 30.1 Å². The molecule has 1 heterocycles. The van der Waals surface area contributed by atoms with Crippen LogP contribution in [0.5, 0.6) is 0 Å². The van der Waals surface area contributed by atoms with E-state index in [2.05, 4.69) is 16.9 Å². The summed E-state index contributed by atoms with van der Waals surface area (Å²) in [7, 11) is 0. The highest BCUT2D eigenvalue weighted by molar-refractivity contribution is 7.99. The van der Waals surface area contributed by atoms with Crippen molar-refractivity contribution in [1.82, 2.24) is 9.97 Å². The molecule has 2 rings (SSSR count). The molecule has 1 aromatic heterocycles. The number of rotatable bonds is 4. The summed E-state index contributed by atoms with van der Waals surface area (Å²) in [5.74, 6) is 2.06. The molecule has 1 atom stereocenters. The second-order valence-electron chi connectivity index (χ2n) is 3.90. The normalized spacial score (nSPS) is 12.8. The Hall–Kier alpha value is -1.33. The lowest BCUT2D eigenvalue weighted by Gasteiger charge is -2.08. The minimum atomic E-state index is 0.409. The fourth-order valence-corrected chi connectivity index (χ4v) is 2.20. The van der Waals surface area contributed by atoms with Crippen molar-refractivity contribution in [1.29, 1.82) is 0 Å². The van der Waals surface area contributed by atoms with Gasteiger partial charge in [-0.05, 0) is 12.1 Å². The molecule has 0 saturated carbocycles. The maximum Gasteiger partial charge on any atom is 0.141 e. The number of fused-ring (bicyclic) bond motifs is 1. The van der Waals surface area contributed by atoms with Crippen molar-refractivity contribution >= 4 is 28.5 Å². The van der Waals surface area contributed by atoms with Crippen LogP contribution in [0.15, 0.2) is 24.3 Å². The largest absolute Gasteiger partial charge is 0.383 e. The molecule has 0 radical (unpaired) electrons. The number of hydrogen-bond donors (Lipinski definition) is 2. The topological polar surface area (TPSA) is 77.8 Å². The lowest BCUT2D eigenvalue weighted by atomic mass is 10.2. The van der Waals surface area contributed by atoms with Crippen molar-refractivity contribution in [2.24, 2.45) is 5.73 Å². The lowest BCUT2D eigenvalue weighted by Crippen LogP contribution is -2.13. The summed E-state index contributed by atoms with van der Waals surface area (Å²) in [5, 5.41) is 1.32. The number of nitrogens with two attached hydrogens (primary N) is 2. The predicted molar refractivity (Wildman–Crippen MR) is 73.8 cm³/mol. The third kappa shape index (κ3) is 2.87. The Kier molecular flexibility index (Phi) is 3.81. The molecule has 1 unspecified atom stereocenters. The summed E-state index contributed by atoms with van der Waals surface area (Å²) >= 11 is 1.74. The van der Waals surface area contributed by atoms with Gasteiger partial charge >= 0.3 is 0 Å². The van der Waals surface area contributed by atoms with Gasteiger partial charge in [-0.25, -0.2) is 9.97 Å². The Bertz CT molecular complexity index is 515. The van der Waals surface area contributed by atoms with Gasteiger partial charge in [-0.3, -0.25) is 0 Å². The molecular formula is C12H16N4S. The average molecular weight is 248 g/mol. The molecule has 0 spiro atoms. The van der Waals surface area contributed by atoms with Crippen LogP contribution >= 0.6 is 11.8 Å². The van der Waals surface area contributed by atoms with Crippen LogP contribution in [-0.4, -0.2) is 21.8 Å². The minimum Gasteiger partial charge on any atom is -0.383 e. The average Bonchev–Trinajstić information content (AvgIpc) is 2.36. The highest BCUT2D eigenvalue weighted by atomic mass is 32.2. The molecule has 2 aromatic rings. The molecule has 5 heteroatoms. The maximum atomic E-state index is 5.91. The van der Waals surface area contributed by atoms with Crippen molar-refractivity contribution in [2.75, 3.05) is 12.3 Å². The van der Waals surface area contributed by atoms with Gasteiger partial charge in [-0.1, -0.05) is 19.1 Å². The molecule has 4 N–H and O–H groups in total. The minimum absolute atomic E-state index is 0.409. The monoisotopic (exact) mass is 248 g/mol. The Balaban J connectivity index is 2.24. The molecular weight excluding hydrogens is 232 g/mol. The number of thioether (sulfide) groups is 1. The quantitative estimate of drug-likeness (QED) is 0.862. The summed E-state index contributed by atoms with van der Waals surface area (Å²) in [6.45, 7) is 2.75. The summed E-state index contributed by atoms with van der Waals surface area (Å²) < 4.78 is 0. The van der Waals surface area contributed by atoms with E-state index in [4.69, 9.17) is 11.5 Å². The third-order valence-corrected chi connectivity index (χ3v) is 3.69. The van der Waals surface area contributed by atoms with Gasteiger partial charge < -0.3 is 11.5 Å². The molecule has 17 heavy (non-hydrogen) atoms. The van der Waals surface area contributed by atoms with Gasteiger partial charge in [0.25, 0.3) is 0 Å². The Morgan fingerprint density at radius 2 is 2.06 bits per heavy atom. The van der Waals surface area contributed by atoms with Crippen LogP contribution in [0, 0.1) is 0 Å². The van der Waals surface area contributed by atoms with Crippen LogP contribution in [0.25, 0.3) is 10.9 Å². The number of nitrogens with zero attached hydrogens (tertiary/aromatic N) is 2. The molecule has 0 bridgehead atoms. The number of anilines is 1. The van der Waals surface area contributed by atoms with Crippen molar-refractivity contribution in [3.63, 3.8) is 0 Å². The summed E-state index contributed by atoms with van der Waals surface area (Å²) in [4.78, 5) is 8.80. The van der Waals surface area contributed by atoms with E-state index in [1.807, 2.05) is 24.3 Å². The van der Waals surface area contributed by atoms with Gasteiger partial charge in [-0.15, -0.1) is 11.8 Å². The summed E-state index contributed by atoms with van der Waals surface area (Å²) in [6, 6.07) is 7.78. The Morgan fingerprint density at radius 3 is 2.82 bits per heavy atom. The zero-order chi connectivity index (χ0) is 12.3. The van der Waals surface area contributed by atoms with Crippen LogP contribution in [0.2, 0.25) is 0 Å². The summed E-state index contributed by atoms with van der Waals surface area (Å²) in [6.07, 6.45) is 0. The highest BCUT2D eigenvalue weighted by Crippen LogP contribution is 2.20. The number of aromatic nitrogens is 2. The molecule has 90 valence electrons. The first kappa shape index (κ1) is 12.1. The van der Waals surface area contributed by atoms with Crippen LogP contribution in [0.1, 0.15) is 12.7 Å². The zero-order valence-corrected chi connectivity index (χ0v) is 10.6. The van der Waals surface area contributed by atoms with Crippen LogP contribution in [0.3, 0.4) is 0 Å². The highest BCUT2D eigenvalue weighted by Gasteiger charge is 2.06. The van der Waals surface area contributed by atoms with Gasteiger partial charge in [0.05, 0.1) is 11.3 Å². The number of para-hydroxylation sites is 1. The van der Waals surface area contributed by atoms with E-state index in [0.29, 0.717) is 17.6 Å². The molecule has 0 amide bonds. The second-order valence-corrected chi connectivity index (χ2v) is 5.33. The predicted octanol–water partition coefficient (Wildman–Crippen LogP) is 1.79. The molecule has 0 aliphatic carbocycles. The number of hydrogen-bond acceptors (Lipinski definition) is 5. The van der Waals surface area contributed by atoms with Crippen LogP contribution < -0.4 is 11.5 Å². The van der Waals surface area contributed by atoms with Crippen molar-refractivity contribution in [2.45, 2.75) is 17.9 Å². The molecule has 0 fully saturated rings. The Labute approximate surface area is 105 Å². The van der Waals surface area contributed by atoms with E-state index in [-0.39, 0.29) is 0 Å². The van der Waals surface area contributed by atoms with E-state index in [0.717, 1.165) is 22.5 Å². The standard InChI is InChI=1S/C12H16N4S/c1-8(6-13)17-7-11-15-10-5-3-2-4-9(10)12(14)16-11/h2-5,8H,6-7,13H2,1H3,(H2,14,15,16). The van der Waals surface area contributed by atoms with E-state index >= 15 is 0 Å². The van der Waals surface area contributed by atoms with E-state index in [1.54, 1.807) is 11.8 Å². The molecule has 0 aliphatic rings. The summed E-state index contributed by atoms with van der Waals surface area (Å²) in [5.41, 5.74) is 12.4. The van der Waals surface area contributed by atoms with Crippen LogP contribution in [-0.2, 0) is 5.75 Å².